The van der Waals surface area contributed by atoms with Crippen molar-refractivity contribution in [1.29, 1.82) is 5.41 Å². The fourth-order valence-electron chi connectivity index (χ4n) is 4.11. The summed E-state index contributed by atoms with van der Waals surface area (Å²) in [5.41, 5.74) is 1.21. The third-order valence-electron chi connectivity index (χ3n) is 5.70. The van der Waals surface area contributed by atoms with E-state index in [1.54, 1.807) is 0 Å². The van der Waals surface area contributed by atoms with Crippen LogP contribution >= 0.6 is 0 Å². The van der Waals surface area contributed by atoms with Crippen LogP contribution in [0.1, 0.15) is 18.4 Å². The van der Waals surface area contributed by atoms with Crippen LogP contribution in [0.15, 0.2) is 30.3 Å². The molecule has 1 spiro atoms. The third kappa shape index (κ3) is 3.68. The first-order chi connectivity index (χ1) is 12.6. The lowest BCUT2D eigenvalue weighted by molar-refractivity contribution is -0.151. The van der Waals surface area contributed by atoms with E-state index in [4.69, 9.17) is 10.1 Å². The summed E-state index contributed by atoms with van der Waals surface area (Å²) in [7, 11) is 0. The Hall–Kier alpha value is -2.12. The number of likely N-dealkylation sites (tertiary alicyclic amines) is 1. The summed E-state index contributed by atoms with van der Waals surface area (Å²) in [4.78, 5) is 17.2. The second-order valence-electron chi connectivity index (χ2n) is 7.54. The second-order valence-corrected chi connectivity index (χ2v) is 7.54. The Morgan fingerprint density at radius 3 is 2.69 bits per heavy atom. The molecule has 0 radical (unpaired) electrons. The predicted molar refractivity (Wildman–Crippen MR) is 98.9 cm³/mol. The molecule has 7 heteroatoms. The molecule has 1 unspecified atom stereocenters. The summed E-state index contributed by atoms with van der Waals surface area (Å²) in [6.45, 7) is 5.19. The number of hydrogen-bond donors (Lipinski definition) is 3. The molecule has 3 saturated heterocycles. The van der Waals surface area contributed by atoms with Crippen LogP contribution in [0.5, 0.6) is 0 Å². The van der Waals surface area contributed by atoms with Crippen LogP contribution in [0.3, 0.4) is 0 Å². The zero-order chi connectivity index (χ0) is 18.0. The van der Waals surface area contributed by atoms with Gasteiger partial charge in [0.25, 0.3) is 5.91 Å². The van der Waals surface area contributed by atoms with Crippen molar-refractivity contribution in [3.63, 3.8) is 0 Å². The van der Waals surface area contributed by atoms with Gasteiger partial charge in [-0.1, -0.05) is 30.3 Å². The lowest BCUT2D eigenvalue weighted by Gasteiger charge is -2.41. The molecule has 4 rings (SSSR count). The van der Waals surface area contributed by atoms with Crippen LogP contribution in [0.2, 0.25) is 0 Å². The van der Waals surface area contributed by atoms with E-state index in [0.717, 1.165) is 45.6 Å². The molecule has 3 heterocycles. The molecule has 0 saturated carbocycles. The SMILES string of the molecule is N=C1NCC2(CCN(C(=O)C3CN(Cc4ccccc4)CCO3)CC2)N1. The molecule has 26 heavy (non-hydrogen) atoms. The molecule has 0 aromatic heterocycles. The molecular weight excluding hydrogens is 330 g/mol. The number of ether oxygens (including phenoxy) is 1. The molecule has 1 aromatic rings. The fourth-order valence-corrected chi connectivity index (χ4v) is 4.11. The zero-order valence-electron chi connectivity index (χ0n) is 15.0. The smallest absolute Gasteiger partial charge is 0.253 e. The maximum Gasteiger partial charge on any atom is 0.253 e. The summed E-state index contributed by atoms with van der Waals surface area (Å²) >= 11 is 0. The number of nitrogens with zero attached hydrogens (tertiary/aromatic N) is 2. The highest BCUT2D eigenvalue weighted by atomic mass is 16.5. The molecule has 1 amide bonds. The monoisotopic (exact) mass is 357 g/mol. The van der Waals surface area contributed by atoms with Gasteiger partial charge in [0.05, 0.1) is 12.1 Å². The van der Waals surface area contributed by atoms with Gasteiger partial charge in [-0.3, -0.25) is 15.1 Å². The van der Waals surface area contributed by atoms with E-state index in [0.29, 0.717) is 19.1 Å². The number of rotatable bonds is 3. The molecule has 7 nitrogen and oxygen atoms in total. The number of hydrogen-bond acceptors (Lipinski definition) is 4. The molecule has 3 aliphatic rings. The van der Waals surface area contributed by atoms with Gasteiger partial charge in [0.1, 0.15) is 6.10 Å². The second kappa shape index (κ2) is 7.25. The normalized spacial score (nSPS) is 25.8. The van der Waals surface area contributed by atoms with E-state index in [2.05, 4.69) is 27.7 Å². The summed E-state index contributed by atoms with van der Waals surface area (Å²) in [6, 6.07) is 10.4. The molecule has 0 aliphatic carbocycles. The van der Waals surface area contributed by atoms with Gasteiger partial charge in [0.15, 0.2) is 5.96 Å². The largest absolute Gasteiger partial charge is 0.366 e. The van der Waals surface area contributed by atoms with Crippen molar-refractivity contribution in [2.75, 3.05) is 39.3 Å². The maximum atomic E-state index is 12.9. The van der Waals surface area contributed by atoms with Gasteiger partial charge < -0.3 is 20.3 Å². The van der Waals surface area contributed by atoms with Crippen molar-refractivity contribution in [2.45, 2.75) is 31.0 Å². The molecule has 3 aliphatic heterocycles. The summed E-state index contributed by atoms with van der Waals surface area (Å²) in [6.07, 6.45) is 1.37. The van der Waals surface area contributed by atoms with E-state index in [1.165, 1.54) is 5.56 Å². The number of morpholine rings is 1. The molecule has 3 fully saturated rings. The maximum absolute atomic E-state index is 12.9. The number of benzene rings is 1. The van der Waals surface area contributed by atoms with E-state index in [1.807, 2.05) is 23.1 Å². The predicted octanol–water partition coefficient (Wildman–Crippen LogP) is 0.376. The lowest BCUT2D eigenvalue weighted by Crippen LogP contribution is -2.57. The van der Waals surface area contributed by atoms with Crippen molar-refractivity contribution in [1.82, 2.24) is 20.4 Å². The molecule has 140 valence electrons. The van der Waals surface area contributed by atoms with Crippen LogP contribution in [0.4, 0.5) is 0 Å². The lowest BCUT2D eigenvalue weighted by atomic mass is 9.88. The van der Waals surface area contributed by atoms with Crippen molar-refractivity contribution < 1.29 is 9.53 Å². The standard InChI is InChI=1S/C19H27N5O2/c20-18-21-14-19(22-18)6-8-24(9-7-19)17(25)16-13-23(10-11-26-16)12-15-4-2-1-3-5-15/h1-5,16H,6-14H2,(H3,20,21,22). The Bertz CT molecular complexity index is 657. The van der Waals surface area contributed by atoms with Gasteiger partial charge in [0, 0.05) is 39.3 Å². The zero-order valence-corrected chi connectivity index (χ0v) is 15.0. The number of guanidine groups is 1. The highest BCUT2D eigenvalue weighted by Gasteiger charge is 2.41. The Morgan fingerprint density at radius 2 is 2.00 bits per heavy atom. The van der Waals surface area contributed by atoms with Crippen LogP contribution < -0.4 is 10.6 Å². The van der Waals surface area contributed by atoms with Gasteiger partial charge >= 0.3 is 0 Å². The van der Waals surface area contributed by atoms with Crippen molar-refractivity contribution in [3.05, 3.63) is 35.9 Å². The first-order valence-electron chi connectivity index (χ1n) is 9.41. The average molecular weight is 357 g/mol. The fraction of sp³-hybridized carbons (Fsp3) is 0.579. The average Bonchev–Trinajstić information content (AvgIpc) is 3.03. The Balaban J connectivity index is 1.31. The van der Waals surface area contributed by atoms with Crippen molar-refractivity contribution in [2.24, 2.45) is 0 Å². The summed E-state index contributed by atoms with van der Waals surface area (Å²) < 4.78 is 5.80. The minimum atomic E-state index is -0.366. The number of carbonyl (C=O) groups is 1. The number of carbonyl (C=O) groups excluding carboxylic acids is 1. The highest BCUT2D eigenvalue weighted by Crippen LogP contribution is 2.25. The summed E-state index contributed by atoms with van der Waals surface area (Å²) in [5, 5.41) is 14.0. The quantitative estimate of drug-likeness (QED) is 0.729. The van der Waals surface area contributed by atoms with Gasteiger partial charge in [-0.15, -0.1) is 0 Å². The first-order valence-corrected chi connectivity index (χ1v) is 9.41. The Kier molecular flexibility index (Phi) is 4.82. The summed E-state index contributed by atoms with van der Waals surface area (Å²) in [5.74, 6) is 0.510. The minimum absolute atomic E-state index is 0.0549. The molecule has 1 atom stereocenters. The van der Waals surface area contributed by atoms with Crippen molar-refractivity contribution >= 4 is 11.9 Å². The highest BCUT2D eigenvalue weighted by molar-refractivity contribution is 5.82. The van der Waals surface area contributed by atoms with Gasteiger partial charge in [-0.25, -0.2) is 0 Å². The van der Waals surface area contributed by atoms with Gasteiger partial charge in [-0.05, 0) is 18.4 Å². The number of amides is 1. The Morgan fingerprint density at radius 1 is 1.23 bits per heavy atom. The van der Waals surface area contributed by atoms with E-state index in [-0.39, 0.29) is 17.6 Å². The number of piperidine rings is 1. The molecule has 1 aromatic carbocycles. The van der Waals surface area contributed by atoms with Crippen molar-refractivity contribution in [3.8, 4) is 0 Å². The minimum Gasteiger partial charge on any atom is -0.366 e. The van der Waals surface area contributed by atoms with Gasteiger partial charge in [-0.2, -0.15) is 0 Å². The van der Waals surface area contributed by atoms with Crippen LogP contribution in [-0.4, -0.2) is 72.6 Å². The number of nitrogens with one attached hydrogen (secondary N) is 3. The van der Waals surface area contributed by atoms with Gasteiger partial charge in [0.2, 0.25) is 0 Å². The first kappa shape index (κ1) is 17.3. The Labute approximate surface area is 154 Å². The third-order valence-corrected chi connectivity index (χ3v) is 5.70. The van der Waals surface area contributed by atoms with Crippen LogP contribution in [-0.2, 0) is 16.1 Å². The molecular formula is C19H27N5O2. The molecule has 3 N–H and O–H groups in total. The van der Waals surface area contributed by atoms with Crippen LogP contribution in [0, 0.1) is 5.41 Å². The van der Waals surface area contributed by atoms with E-state index in [9.17, 15) is 4.79 Å². The topological polar surface area (TPSA) is 80.7 Å². The molecule has 0 bridgehead atoms. The van der Waals surface area contributed by atoms with Crippen LogP contribution in [0.25, 0.3) is 0 Å². The van der Waals surface area contributed by atoms with E-state index < -0.39 is 0 Å². The van der Waals surface area contributed by atoms with E-state index >= 15 is 0 Å².